The van der Waals surface area contributed by atoms with E-state index in [9.17, 15) is 0 Å². The van der Waals surface area contributed by atoms with Gasteiger partial charge in [0, 0.05) is 5.56 Å². The highest BCUT2D eigenvalue weighted by Crippen LogP contribution is 2.22. The monoisotopic (exact) mass is 243 g/mol. The van der Waals surface area contributed by atoms with Crippen LogP contribution >= 0.6 is 0 Å². The molecule has 1 aromatic carbocycles. The van der Waals surface area contributed by atoms with E-state index in [-0.39, 0.29) is 0 Å². The van der Waals surface area contributed by atoms with Crippen LogP contribution in [0.15, 0.2) is 36.5 Å². The van der Waals surface area contributed by atoms with Gasteiger partial charge in [-0.15, -0.1) is 0 Å². The van der Waals surface area contributed by atoms with E-state index in [4.69, 9.17) is 4.74 Å². The fraction of sp³-hybridized carbons (Fsp3) is 0.357. The molecule has 1 saturated heterocycles. The summed E-state index contributed by atoms with van der Waals surface area (Å²) >= 11 is 0. The van der Waals surface area contributed by atoms with Crippen LogP contribution in [0.25, 0.3) is 11.1 Å². The van der Waals surface area contributed by atoms with Crippen LogP contribution in [0.2, 0.25) is 0 Å². The van der Waals surface area contributed by atoms with Gasteiger partial charge in [0.25, 0.3) is 0 Å². The Hall–Kier alpha value is -1.81. The molecule has 0 N–H and O–H groups in total. The van der Waals surface area contributed by atoms with Gasteiger partial charge in [-0.1, -0.05) is 30.3 Å². The van der Waals surface area contributed by atoms with E-state index in [0.717, 1.165) is 32.0 Å². The molecule has 0 atom stereocenters. The molecule has 1 fully saturated rings. The topological polar surface area (TPSA) is 30.3 Å². The molecular weight excluding hydrogens is 226 g/mol. The summed E-state index contributed by atoms with van der Waals surface area (Å²) in [5.41, 5.74) is 3.48. The van der Waals surface area contributed by atoms with Crippen molar-refractivity contribution < 1.29 is 4.74 Å². The maximum atomic E-state index is 5.36. The second kappa shape index (κ2) is 4.82. The van der Waals surface area contributed by atoms with Crippen molar-refractivity contribution >= 4 is 0 Å². The highest BCUT2D eigenvalue weighted by atomic mass is 16.5. The maximum absolute atomic E-state index is 5.36. The first-order chi connectivity index (χ1) is 8.84. The number of benzene rings is 1. The average Bonchev–Trinajstić information content (AvgIpc) is 2.83. The van der Waals surface area contributed by atoms with Gasteiger partial charge in [-0.2, -0.15) is 9.89 Å². The largest absolute Gasteiger partial charge is 0.378 e. The van der Waals surface area contributed by atoms with Gasteiger partial charge < -0.3 is 4.74 Å². The second-order valence-electron chi connectivity index (χ2n) is 4.48. The number of morpholine rings is 1. The Bertz CT molecular complexity index is 515. The molecule has 0 spiro atoms. The van der Waals surface area contributed by atoms with Crippen LogP contribution in [-0.4, -0.2) is 36.2 Å². The third-order valence-electron chi connectivity index (χ3n) is 3.25. The molecule has 3 rings (SSSR count). The fourth-order valence-corrected chi connectivity index (χ4v) is 2.25. The van der Waals surface area contributed by atoms with Gasteiger partial charge in [0.2, 0.25) is 0 Å². The third-order valence-corrected chi connectivity index (χ3v) is 3.25. The van der Waals surface area contributed by atoms with E-state index in [1.807, 2.05) is 10.9 Å². The molecule has 2 aromatic rings. The molecule has 0 amide bonds. The van der Waals surface area contributed by atoms with Crippen molar-refractivity contribution in [3.8, 4) is 11.1 Å². The van der Waals surface area contributed by atoms with Crippen LogP contribution in [0.3, 0.4) is 0 Å². The third kappa shape index (κ3) is 2.11. The van der Waals surface area contributed by atoms with Crippen LogP contribution in [-0.2, 0) is 4.74 Å². The Morgan fingerprint density at radius 1 is 1.11 bits per heavy atom. The summed E-state index contributed by atoms with van der Waals surface area (Å²) in [7, 11) is 0. The van der Waals surface area contributed by atoms with Gasteiger partial charge in [0.15, 0.2) is 0 Å². The number of aromatic nitrogens is 2. The first kappa shape index (κ1) is 11.3. The van der Waals surface area contributed by atoms with Crippen molar-refractivity contribution in [2.45, 2.75) is 6.92 Å². The summed E-state index contributed by atoms with van der Waals surface area (Å²) in [5, 5.41) is 6.81. The zero-order chi connectivity index (χ0) is 12.4. The van der Waals surface area contributed by atoms with Crippen LogP contribution in [0.4, 0.5) is 0 Å². The Morgan fingerprint density at radius 2 is 1.83 bits per heavy atom. The lowest BCUT2D eigenvalue weighted by molar-refractivity contribution is 0.109. The summed E-state index contributed by atoms with van der Waals surface area (Å²) in [4.78, 5) is 1.96. The van der Waals surface area contributed by atoms with Gasteiger partial charge >= 0.3 is 0 Å². The van der Waals surface area contributed by atoms with Crippen molar-refractivity contribution in [1.82, 2.24) is 9.89 Å². The quantitative estimate of drug-likeness (QED) is 0.806. The first-order valence-electron chi connectivity index (χ1n) is 6.29. The molecule has 1 aliphatic heterocycles. The predicted molar refractivity (Wildman–Crippen MR) is 71.2 cm³/mol. The van der Waals surface area contributed by atoms with Gasteiger partial charge in [0.05, 0.1) is 38.2 Å². The average molecular weight is 243 g/mol. The minimum Gasteiger partial charge on any atom is -0.378 e. The zero-order valence-electron chi connectivity index (χ0n) is 10.5. The molecule has 2 heterocycles. The second-order valence-corrected chi connectivity index (χ2v) is 4.48. The van der Waals surface area contributed by atoms with Crippen LogP contribution < -0.4 is 5.01 Å². The molecule has 0 saturated carbocycles. The zero-order valence-corrected chi connectivity index (χ0v) is 10.5. The molecule has 4 nitrogen and oxygen atoms in total. The van der Waals surface area contributed by atoms with Gasteiger partial charge in [0.1, 0.15) is 0 Å². The van der Waals surface area contributed by atoms with E-state index in [0.29, 0.717) is 0 Å². The number of nitrogens with zero attached hydrogens (tertiary/aromatic N) is 3. The molecule has 94 valence electrons. The molecule has 1 aliphatic rings. The van der Waals surface area contributed by atoms with E-state index in [1.165, 1.54) is 11.1 Å². The Kier molecular flexibility index (Phi) is 3.02. The molecule has 0 unspecified atom stereocenters. The lowest BCUT2D eigenvalue weighted by Gasteiger charge is -2.28. The highest BCUT2D eigenvalue weighted by molar-refractivity contribution is 5.64. The number of ether oxygens (including phenoxy) is 1. The van der Waals surface area contributed by atoms with Crippen molar-refractivity contribution in [2.75, 3.05) is 31.3 Å². The fourth-order valence-electron chi connectivity index (χ4n) is 2.25. The van der Waals surface area contributed by atoms with Crippen molar-refractivity contribution in [1.29, 1.82) is 0 Å². The van der Waals surface area contributed by atoms with Crippen LogP contribution in [0, 0.1) is 6.92 Å². The highest BCUT2D eigenvalue weighted by Gasteiger charge is 2.14. The summed E-state index contributed by atoms with van der Waals surface area (Å²) in [5.74, 6) is 0. The molecule has 4 heteroatoms. The van der Waals surface area contributed by atoms with E-state index < -0.39 is 0 Å². The molecule has 18 heavy (non-hydrogen) atoms. The molecule has 1 aromatic heterocycles. The normalized spacial score (nSPS) is 15.9. The smallest absolute Gasteiger partial charge is 0.0693 e. The Balaban J connectivity index is 1.91. The molecule has 0 radical (unpaired) electrons. The lowest BCUT2D eigenvalue weighted by Crippen LogP contribution is -2.44. The van der Waals surface area contributed by atoms with E-state index in [1.54, 1.807) is 0 Å². The number of hydrogen-bond acceptors (Lipinski definition) is 3. The summed E-state index contributed by atoms with van der Waals surface area (Å²) in [6.07, 6.45) is 2.11. The minimum atomic E-state index is 0.777. The predicted octanol–water partition coefficient (Wildman–Crippen LogP) is 1.83. The minimum absolute atomic E-state index is 0.777. The summed E-state index contributed by atoms with van der Waals surface area (Å²) in [6, 6.07) is 10.4. The standard InChI is InChI=1S/C14H17N3O/c1-12-14(13-5-3-2-4-6-13)11-17(15-12)16-7-9-18-10-8-16/h2-6,11H,7-10H2,1H3. The number of aryl methyl sites for hydroxylation is 1. The summed E-state index contributed by atoms with van der Waals surface area (Å²) < 4.78 is 5.36. The summed E-state index contributed by atoms with van der Waals surface area (Å²) in [6.45, 7) is 5.41. The first-order valence-corrected chi connectivity index (χ1v) is 6.29. The Labute approximate surface area is 107 Å². The van der Waals surface area contributed by atoms with Crippen molar-refractivity contribution in [2.24, 2.45) is 0 Å². The van der Waals surface area contributed by atoms with Gasteiger partial charge in [-0.05, 0) is 12.5 Å². The van der Waals surface area contributed by atoms with Gasteiger partial charge in [-0.25, -0.2) is 0 Å². The van der Waals surface area contributed by atoms with Crippen molar-refractivity contribution in [3.05, 3.63) is 42.2 Å². The lowest BCUT2D eigenvalue weighted by atomic mass is 10.1. The Morgan fingerprint density at radius 3 is 2.56 bits per heavy atom. The van der Waals surface area contributed by atoms with Crippen molar-refractivity contribution in [3.63, 3.8) is 0 Å². The van der Waals surface area contributed by atoms with Gasteiger partial charge in [-0.3, -0.25) is 5.01 Å². The number of rotatable bonds is 2. The molecular formula is C14H17N3O. The van der Waals surface area contributed by atoms with E-state index in [2.05, 4.69) is 47.5 Å². The van der Waals surface area contributed by atoms with E-state index >= 15 is 0 Å². The van der Waals surface area contributed by atoms with Crippen LogP contribution in [0.1, 0.15) is 5.69 Å². The van der Waals surface area contributed by atoms with Crippen LogP contribution in [0.5, 0.6) is 0 Å². The molecule has 0 bridgehead atoms. The maximum Gasteiger partial charge on any atom is 0.0693 e. The number of hydrogen-bond donors (Lipinski definition) is 0. The SMILES string of the molecule is Cc1nn(N2CCOCC2)cc1-c1ccccc1. The molecule has 0 aliphatic carbocycles.